The van der Waals surface area contributed by atoms with Gasteiger partial charge in [-0.1, -0.05) is 13.5 Å². The third kappa shape index (κ3) is 2.28. The minimum absolute atomic E-state index is 0.0353. The molecule has 0 aromatic heterocycles. The van der Waals surface area contributed by atoms with Gasteiger partial charge in [0.05, 0.1) is 0 Å². The Labute approximate surface area is 103 Å². The van der Waals surface area contributed by atoms with Crippen LogP contribution in [0.2, 0.25) is 0 Å². The largest absolute Gasteiger partial charge is 0.297 e. The lowest BCUT2D eigenvalue weighted by Gasteiger charge is -2.14. The first-order valence-electron chi connectivity index (χ1n) is 4.95. The van der Waals surface area contributed by atoms with E-state index in [1.807, 2.05) is 0 Å². The highest BCUT2D eigenvalue weighted by atomic mass is 32.2. The van der Waals surface area contributed by atoms with Crippen LogP contribution in [0.15, 0.2) is 11.5 Å². The van der Waals surface area contributed by atoms with Crippen molar-refractivity contribution < 1.29 is 26.1 Å². The van der Waals surface area contributed by atoms with Crippen molar-refractivity contribution in [2.24, 2.45) is 0 Å². The zero-order valence-electron chi connectivity index (χ0n) is 9.72. The van der Waals surface area contributed by atoms with Gasteiger partial charge in [0.1, 0.15) is 4.90 Å². The predicted molar refractivity (Wildman–Crippen MR) is 60.2 cm³/mol. The minimum atomic E-state index is -4.99. The number of benzene rings is 1. The molecule has 0 atom stereocenters. The zero-order chi connectivity index (χ0) is 14.2. The number of rotatable bonds is 3. The average molecular weight is 280 g/mol. The quantitative estimate of drug-likeness (QED) is 0.684. The van der Waals surface area contributed by atoms with Crippen LogP contribution in [0, 0.1) is 17.5 Å². The summed E-state index contributed by atoms with van der Waals surface area (Å²) in [5.41, 5.74) is -0.724. The fraction of sp³-hybridized carbons (Fsp3) is 0.273. The van der Waals surface area contributed by atoms with Gasteiger partial charge in [0.25, 0.3) is 10.1 Å². The molecule has 0 saturated heterocycles. The summed E-state index contributed by atoms with van der Waals surface area (Å²) in [7, 11) is -4.99. The van der Waals surface area contributed by atoms with E-state index in [2.05, 4.69) is 6.58 Å². The third-order valence-corrected chi connectivity index (χ3v) is 3.36. The van der Waals surface area contributed by atoms with Crippen LogP contribution in [0.1, 0.15) is 25.0 Å². The van der Waals surface area contributed by atoms with Crippen LogP contribution in [0.4, 0.5) is 13.2 Å². The summed E-state index contributed by atoms with van der Waals surface area (Å²) in [5.74, 6) is -5.38. The maximum Gasteiger partial charge on any atom is 0.297 e. The second kappa shape index (κ2) is 4.74. The molecule has 0 aliphatic rings. The molecule has 0 aliphatic heterocycles. The first-order chi connectivity index (χ1) is 8.12. The summed E-state index contributed by atoms with van der Waals surface area (Å²) < 4.78 is 71.4. The van der Waals surface area contributed by atoms with E-state index < -0.39 is 38.0 Å². The Morgan fingerprint density at radius 3 is 2.06 bits per heavy atom. The van der Waals surface area contributed by atoms with Crippen molar-refractivity contribution in [3.63, 3.8) is 0 Å². The second-order valence-corrected chi connectivity index (χ2v) is 5.09. The van der Waals surface area contributed by atoms with Crippen LogP contribution in [0.25, 0.3) is 5.57 Å². The topological polar surface area (TPSA) is 54.4 Å². The summed E-state index contributed by atoms with van der Waals surface area (Å²) in [5, 5.41) is 0. The molecule has 100 valence electrons. The Kier molecular flexibility index (Phi) is 3.87. The zero-order valence-corrected chi connectivity index (χ0v) is 10.5. The molecule has 18 heavy (non-hydrogen) atoms. The molecule has 1 rings (SSSR count). The summed E-state index contributed by atoms with van der Waals surface area (Å²) in [6, 6.07) is 0. The maximum atomic E-state index is 13.6. The van der Waals surface area contributed by atoms with Gasteiger partial charge < -0.3 is 0 Å². The van der Waals surface area contributed by atoms with Crippen molar-refractivity contribution in [3.8, 4) is 0 Å². The van der Waals surface area contributed by atoms with Crippen LogP contribution in [-0.2, 0) is 16.5 Å². The lowest BCUT2D eigenvalue weighted by Crippen LogP contribution is -2.13. The minimum Gasteiger partial charge on any atom is -0.282 e. The average Bonchev–Trinajstić information content (AvgIpc) is 2.22. The summed E-state index contributed by atoms with van der Waals surface area (Å²) in [4.78, 5) is -1.23. The molecule has 0 heterocycles. The first kappa shape index (κ1) is 14.7. The SMILES string of the molecule is C=C(C)c1c(F)c(F)c(F)c(S(=O)(=O)O)c1CC. The van der Waals surface area contributed by atoms with E-state index in [-0.39, 0.29) is 17.6 Å². The van der Waals surface area contributed by atoms with E-state index in [1.54, 1.807) is 0 Å². The molecule has 7 heteroatoms. The van der Waals surface area contributed by atoms with Crippen molar-refractivity contribution in [2.75, 3.05) is 0 Å². The number of hydrogen-bond acceptors (Lipinski definition) is 2. The lowest BCUT2D eigenvalue weighted by atomic mass is 9.98. The van der Waals surface area contributed by atoms with Crippen LogP contribution < -0.4 is 0 Å². The molecular weight excluding hydrogens is 269 g/mol. The molecule has 0 spiro atoms. The van der Waals surface area contributed by atoms with Crippen molar-refractivity contribution in [1.29, 1.82) is 0 Å². The van der Waals surface area contributed by atoms with Gasteiger partial charge in [-0.15, -0.1) is 0 Å². The van der Waals surface area contributed by atoms with E-state index in [9.17, 15) is 21.6 Å². The molecule has 1 aromatic carbocycles. The van der Waals surface area contributed by atoms with Crippen LogP contribution in [-0.4, -0.2) is 13.0 Å². The number of allylic oxidation sites excluding steroid dienone is 1. The fourth-order valence-corrected chi connectivity index (χ4v) is 2.61. The molecule has 0 saturated carbocycles. The molecule has 0 fully saturated rings. The van der Waals surface area contributed by atoms with Crippen LogP contribution >= 0.6 is 0 Å². The van der Waals surface area contributed by atoms with E-state index in [0.29, 0.717) is 0 Å². The van der Waals surface area contributed by atoms with Gasteiger partial charge in [0, 0.05) is 5.56 Å². The Morgan fingerprint density at radius 1 is 1.22 bits per heavy atom. The van der Waals surface area contributed by atoms with Crippen molar-refractivity contribution in [2.45, 2.75) is 25.2 Å². The molecule has 0 aliphatic carbocycles. The predicted octanol–water partition coefficient (Wildman–Crippen LogP) is 2.95. The van der Waals surface area contributed by atoms with Gasteiger partial charge >= 0.3 is 0 Å². The van der Waals surface area contributed by atoms with E-state index in [4.69, 9.17) is 4.55 Å². The molecule has 0 unspecified atom stereocenters. The van der Waals surface area contributed by atoms with Gasteiger partial charge in [-0.2, -0.15) is 8.42 Å². The second-order valence-electron chi connectivity index (χ2n) is 3.73. The highest BCUT2D eigenvalue weighted by Crippen LogP contribution is 2.32. The van der Waals surface area contributed by atoms with Crippen molar-refractivity contribution in [1.82, 2.24) is 0 Å². The van der Waals surface area contributed by atoms with E-state index >= 15 is 0 Å². The number of halogens is 3. The Balaban J connectivity index is 4.00. The first-order valence-corrected chi connectivity index (χ1v) is 6.39. The highest BCUT2D eigenvalue weighted by Gasteiger charge is 2.30. The Morgan fingerprint density at radius 2 is 1.72 bits per heavy atom. The van der Waals surface area contributed by atoms with Gasteiger partial charge in [-0.3, -0.25) is 4.55 Å². The normalized spacial score (nSPS) is 11.7. The van der Waals surface area contributed by atoms with Crippen molar-refractivity contribution >= 4 is 15.7 Å². The molecule has 0 bridgehead atoms. The molecule has 3 nitrogen and oxygen atoms in total. The monoisotopic (exact) mass is 280 g/mol. The Hall–Kier alpha value is -1.34. The van der Waals surface area contributed by atoms with Crippen LogP contribution in [0.3, 0.4) is 0 Å². The number of hydrogen-bond donors (Lipinski definition) is 1. The highest BCUT2D eigenvalue weighted by molar-refractivity contribution is 7.85. The molecule has 0 radical (unpaired) electrons. The molecule has 1 aromatic rings. The maximum absolute atomic E-state index is 13.6. The van der Waals surface area contributed by atoms with Crippen molar-refractivity contribution in [3.05, 3.63) is 35.2 Å². The van der Waals surface area contributed by atoms with E-state index in [0.717, 1.165) is 0 Å². The van der Waals surface area contributed by atoms with Gasteiger partial charge in [-0.25, -0.2) is 13.2 Å². The van der Waals surface area contributed by atoms with Gasteiger partial charge in [0.15, 0.2) is 17.5 Å². The molecule has 1 N–H and O–H groups in total. The Bertz CT molecular complexity index is 621. The molecular formula is C11H11F3O3S. The summed E-state index contributed by atoms with van der Waals surface area (Å²) >= 11 is 0. The fourth-order valence-electron chi connectivity index (χ4n) is 1.74. The summed E-state index contributed by atoms with van der Waals surface area (Å²) in [6.07, 6.45) is -0.106. The van der Waals surface area contributed by atoms with Gasteiger partial charge in [-0.05, 0) is 24.5 Å². The van der Waals surface area contributed by atoms with Crippen LogP contribution in [0.5, 0.6) is 0 Å². The standard InChI is InChI=1S/C11H11F3O3S/c1-4-6-7(5(2)3)8(12)9(13)10(14)11(6)18(15,16)17/h2,4H2,1,3H3,(H,15,16,17). The smallest absolute Gasteiger partial charge is 0.282 e. The van der Waals surface area contributed by atoms with Gasteiger partial charge in [0.2, 0.25) is 0 Å². The summed E-state index contributed by atoms with van der Waals surface area (Å²) in [6.45, 7) is 6.13. The molecule has 0 amide bonds. The van der Waals surface area contributed by atoms with E-state index in [1.165, 1.54) is 13.8 Å². The third-order valence-electron chi connectivity index (χ3n) is 2.42. The lowest BCUT2D eigenvalue weighted by molar-refractivity contribution is 0.417.